The van der Waals surface area contributed by atoms with Crippen molar-refractivity contribution in [1.29, 1.82) is 0 Å². The summed E-state index contributed by atoms with van der Waals surface area (Å²) in [5.41, 5.74) is 1.49. The Hall–Kier alpha value is -1.61. The fraction of sp³-hybridized carbons (Fsp3) is 0.571. The second-order valence-corrected chi connectivity index (χ2v) is 12.1. The number of hydrogen-bond acceptors (Lipinski definition) is 2. The van der Waals surface area contributed by atoms with Gasteiger partial charge < -0.3 is 0 Å². The SMILES string of the molecule is CCCCCC(C)(C)c1ccccc1S(=O)(=O)c1ccccc1C(C)(C)CCCCC. The van der Waals surface area contributed by atoms with E-state index >= 15 is 0 Å². The van der Waals surface area contributed by atoms with Gasteiger partial charge in [0.15, 0.2) is 0 Å². The molecule has 3 heteroatoms. The van der Waals surface area contributed by atoms with E-state index in [9.17, 15) is 8.42 Å². The first kappa shape index (κ1) is 25.6. The molecular weight excluding hydrogens is 400 g/mol. The van der Waals surface area contributed by atoms with Crippen LogP contribution in [0.25, 0.3) is 0 Å². The molecule has 0 aliphatic rings. The summed E-state index contributed by atoms with van der Waals surface area (Å²) in [5, 5.41) is 0. The number of benzene rings is 2. The maximum absolute atomic E-state index is 14.0. The van der Waals surface area contributed by atoms with Gasteiger partial charge in [0.1, 0.15) is 0 Å². The lowest BCUT2D eigenvalue weighted by molar-refractivity contribution is 0.438. The second kappa shape index (κ2) is 10.8. The van der Waals surface area contributed by atoms with Crippen molar-refractivity contribution in [2.45, 2.75) is 114 Å². The summed E-state index contributed by atoms with van der Waals surface area (Å²) >= 11 is 0. The molecule has 0 aromatic heterocycles. The summed E-state index contributed by atoms with van der Waals surface area (Å²) in [7, 11) is -3.63. The van der Waals surface area contributed by atoms with Gasteiger partial charge in [-0.3, -0.25) is 0 Å². The lowest BCUT2D eigenvalue weighted by atomic mass is 9.80. The molecule has 0 spiro atoms. The molecule has 2 aromatic rings. The van der Waals surface area contributed by atoms with Gasteiger partial charge in [0.2, 0.25) is 9.84 Å². The van der Waals surface area contributed by atoms with E-state index in [4.69, 9.17) is 0 Å². The predicted octanol–water partition coefficient (Wildman–Crippen LogP) is 8.24. The van der Waals surface area contributed by atoms with Gasteiger partial charge in [-0.1, -0.05) is 116 Å². The Morgan fingerprint density at radius 1 is 0.613 bits per heavy atom. The highest BCUT2D eigenvalue weighted by Gasteiger charge is 2.33. The van der Waals surface area contributed by atoms with Crippen LogP contribution in [0.2, 0.25) is 0 Å². The molecular formula is C28H42O2S. The molecule has 2 nitrogen and oxygen atoms in total. The summed E-state index contributed by atoms with van der Waals surface area (Å²) < 4.78 is 28.1. The average Bonchev–Trinajstić information content (AvgIpc) is 2.74. The maximum Gasteiger partial charge on any atom is 0.207 e. The van der Waals surface area contributed by atoms with Gasteiger partial charge in [-0.25, -0.2) is 8.42 Å². The normalized spacial score (nSPS) is 12.8. The first-order chi connectivity index (χ1) is 14.6. The van der Waals surface area contributed by atoms with E-state index in [1.807, 2.05) is 36.4 Å². The zero-order chi connectivity index (χ0) is 23.1. The molecule has 0 bridgehead atoms. The number of sulfone groups is 1. The molecule has 0 fully saturated rings. The zero-order valence-corrected chi connectivity index (χ0v) is 21.3. The largest absolute Gasteiger partial charge is 0.218 e. The number of unbranched alkanes of at least 4 members (excludes halogenated alkanes) is 4. The molecule has 0 radical (unpaired) electrons. The molecule has 0 heterocycles. The van der Waals surface area contributed by atoms with Crippen LogP contribution in [0, 0.1) is 0 Å². The summed E-state index contributed by atoms with van der Waals surface area (Å²) in [4.78, 5) is 0.932. The number of rotatable bonds is 12. The Morgan fingerprint density at radius 2 is 0.968 bits per heavy atom. The van der Waals surface area contributed by atoms with Gasteiger partial charge in [0.05, 0.1) is 9.79 Å². The molecule has 0 saturated heterocycles. The van der Waals surface area contributed by atoms with Crippen LogP contribution in [0.5, 0.6) is 0 Å². The van der Waals surface area contributed by atoms with E-state index in [-0.39, 0.29) is 10.8 Å². The quantitative estimate of drug-likeness (QED) is 0.310. The highest BCUT2D eigenvalue weighted by atomic mass is 32.2. The van der Waals surface area contributed by atoms with Crippen LogP contribution < -0.4 is 0 Å². The van der Waals surface area contributed by atoms with Crippen LogP contribution in [0.1, 0.15) is 104 Å². The molecule has 0 aliphatic heterocycles. The lowest BCUT2D eigenvalue weighted by Gasteiger charge is -2.30. The van der Waals surface area contributed by atoms with Gasteiger partial charge in [-0.15, -0.1) is 0 Å². The average molecular weight is 443 g/mol. The van der Waals surface area contributed by atoms with Crippen molar-refractivity contribution in [3.8, 4) is 0 Å². The minimum absolute atomic E-state index is 0.190. The van der Waals surface area contributed by atoms with E-state index in [2.05, 4.69) is 41.5 Å². The standard InChI is InChI=1S/C28H42O2S/c1-7-9-15-21-27(3,4)23-17-11-13-19-25(23)31(29,30)26-20-14-12-18-24(26)28(5,6)22-16-10-8-2/h11-14,17-20H,7-10,15-16,21-22H2,1-6H3. The van der Waals surface area contributed by atoms with Crippen molar-refractivity contribution in [3.05, 3.63) is 59.7 Å². The van der Waals surface area contributed by atoms with Crippen molar-refractivity contribution in [3.63, 3.8) is 0 Å². The third kappa shape index (κ3) is 6.22. The lowest BCUT2D eigenvalue weighted by Crippen LogP contribution is -2.24. The molecule has 172 valence electrons. The van der Waals surface area contributed by atoms with Crippen LogP contribution in [0.3, 0.4) is 0 Å². The van der Waals surface area contributed by atoms with E-state index in [0.717, 1.165) is 49.7 Å². The Bertz CT molecular complexity index is 867. The van der Waals surface area contributed by atoms with Crippen LogP contribution in [0.15, 0.2) is 58.3 Å². The van der Waals surface area contributed by atoms with Gasteiger partial charge in [-0.2, -0.15) is 0 Å². The predicted molar refractivity (Wildman–Crippen MR) is 133 cm³/mol. The van der Waals surface area contributed by atoms with Gasteiger partial charge in [-0.05, 0) is 46.9 Å². The summed E-state index contributed by atoms with van der Waals surface area (Å²) in [6.45, 7) is 13.1. The summed E-state index contributed by atoms with van der Waals surface area (Å²) in [5.74, 6) is 0. The van der Waals surface area contributed by atoms with Gasteiger partial charge in [0, 0.05) is 0 Å². The molecule has 0 amide bonds. The fourth-order valence-electron chi connectivity index (χ4n) is 4.54. The zero-order valence-electron chi connectivity index (χ0n) is 20.5. The van der Waals surface area contributed by atoms with Gasteiger partial charge in [0.25, 0.3) is 0 Å². The van der Waals surface area contributed by atoms with Crippen LogP contribution >= 0.6 is 0 Å². The first-order valence-electron chi connectivity index (χ1n) is 12.0. The topological polar surface area (TPSA) is 34.1 Å². The maximum atomic E-state index is 14.0. The third-order valence-electron chi connectivity index (χ3n) is 6.62. The van der Waals surface area contributed by atoms with E-state index in [1.165, 1.54) is 12.8 Å². The van der Waals surface area contributed by atoms with Crippen LogP contribution in [-0.2, 0) is 20.7 Å². The second-order valence-electron chi connectivity index (χ2n) is 10.2. The fourth-order valence-corrected chi connectivity index (χ4v) is 6.56. The smallest absolute Gasteiger partial charge is 0.207 e. The minimum Gasteiger partial charge on any atom is -0.218 e. The molecule has 31 heavy (non-hydrogen) atoms. The third-order valence-corrected chi connectivity index (χ3v) is 8.49. The highest BCUT2D eigenvalue weighted by molar-refractivity contribution is 7.91. The summed E-state index contributed by atoms with van der Waals surface area (Å²) in [6, 6.07) is 15.3. The van der Waals surface area contributed by atoms with Crippen molar-refractivity contribution in [2.75, 3.05) is 0 Å². The summed E-state index contributed by atoms with van der Waals surface area (Å²) in [6.07, 6.45) is 8.86. The molecule has 2 rings (SSSR count). The number of hydrogen-bond donors (Lipinski definition) is 0. The highest BCUT2D eigenvalue weighted by Crippen LogP contribution is 2.40. The first-order valence-corrected chi connectivity index (χ1v) is 13.5. The van der Waals surface area contributed by atoms with Crippen LogP contribution in [0.4, 0.5) is 0 Å². The minimum atomic E-state index is -3.63. The molecule has 0 aliphatic carbocycles. The van der Waals surface area contributed by atoms with Gasteiger partial charge >= 0.3 is 0 Å². The Kier molecular flexibility index (Phi) is 8.94. The molecule has 0 atom stereocenters. The Labute approximate surface area is 191 Å². The molecule has 2 aromatic carbocycles. The van der Waals surface area contributed by atoms with Crippen molar-refractivity contribution < 1.29 is 8.42 Å². The van der Waals surface area contributed by atoms with E-state index in [1.54, 1.807) is 12.1 Å². The monoisotopic (exact) mass is 442 g/mol. The van der Waals surface area contributed by atoms with Crippen molar-refractivity contribution in [1.82, 2.24) is 0 Å². The molecule has 0 unspecified atom stereocenters. The Balaban J connectivity index is 2.53. The van der Waals surface area contributed by atoms with Crippen molar-refractivity contribution in [2.24, 2.45) is 0 Å². The molecule has 0 N–H and O–H groups in total. The van der Waals surface area contributed by atoms with Crippen LogP contribution in [-0.4, -0.2) is 8.42 Å². The molecule has 0 saturated carbocycles. The Morgan fingerprint density at radius 3 is 1.32 bits per heavy atom. The van der Waals surface area contributed by atoms with Crippen molar-refractivity contribution >= 4 is 9.84 Å². The van der Waals surface area contributed by atoms with E-state index < -0.39 is 9.84 Å². The van der Waals surface area contributed by atoms with E-state index in [0.29, 0.717) is 9.79 Å².